The third-order valence-electron chi connectivity index (χ3n) is 2.48. The fraction of sp³-hybridized carbons (Fsp3) is 0. The van der Waals surface area contributed by atoms with Crippen molar-refractivity contribution in [2.24, 2.45) is 0 Å². The molecule has 2 nitrogen and oxygen atoms in total. The van der Waals surface area contributed by atoms with Gasteiger partial charge in [-0.05, 0) is 40.2 Å². The van der Waals surface area contributed by atoms with Gasteiger partial charge in [0.2, 0.25) is 0 Å². The largest absolute Gasteiger partial charge is 0.255 e. The number of hydrogen-bond donors (Lipinski definition) is 0. The second-order valence-corrected chi connectivity index (χ2v) is 4.77. The van der Waals surface area contributed by atoms with Gasteiger partial charge in [-0.15, -0.1) is 0 Å². The molecule has 4 heteroatoms. The van der Waals surface area contributed by atoms with Gasteiger partial charge in [-0.2, -0.15) is 0 Å². The van der Waals surface area contributed by atoms with Crippen molar-refractivity contribution in [2.45, 2.75) is 0 Å². The maximum atomic E-state index is 5.93. The molecule has 0 N–H and O–H groups in total. The minimum atomic E-state index is 0.689. The van der Waals surface area contributed by atoms with Crippen molar-refractivity contribution in [3.8, 4) is 0 Å². The lowest BCUT2D eigenvalue weighted by Gasteiger charge is -2.03. The first-order chi connectivity index (χ1) is 7.75. The smallest absolute Gasteiger partial charge is 0.0822 e. The third-order valence-corrected chi connectivity index (χ3v) is 3.41. The van der Waals surface area contributed by atoms with Crippen molar-refractivity contribution < 1.29 is 0 Å². The zero-order valence-electron chi connectivity index (χ0n) is 8.11. The molecule has 0 spiro atoms. The third kappa shape index (κ3) is 1.47. The standard InChI is InChI=1S/C12H6BrClN2/c13-10-3-4-15-12-8-2-1-7(14)5-11(8)16-6-9(10)12/h1-6H. The lowest BCUT2D eigenvalue weighted by Crippen LogP contribution is -1.85. The molecular weight excluding hydrogens is 288 g/mol. The van der Waals surface area contributed by atoms with Gasteiger partial charge in [-0.3, -0.25) is 9.97 Å². The summed E-state index contributed by atoms with van der Waals surface area (Å²) >= 11 is 9.42. The molecule has 3 rings (SSSR count). The van der Waals surface area contributed by atoms with E-state index in [1.807, 2.05) is 30.5 Å². The molecule has 0 unspecified atom stereocenters. The summed E-state index contributed by atoms with van der Waals surface area (Å²) in [5.74, 6) is 0. The molecule has 0 bridgehead atoms. The number of benzene rings is 1. The second kappa shape index (κ2) is 3.68. The molecule has 0 aliphatic heterocycles. The van der Waals surface area contributed by atoms with Crippen molar-refractivity contribution in [2.75, 3.05) is 0 Å². The van der Waals surface area contributed by atoms with Crippen molar-refractivity contribution in [3.63, 3.8) is 0 Å². The summed E-state index contributed by atoms with van der Waals surface area (Å²) in [5, 5.41) is 2.72. The SMILES string of the molecule is Clc1ccc2c(c1)ncc1c(Br)ccnc12. The highest BCUT2D eigenvalue weighted by molar-refractivity contribution is 9.10. The maximum Gasteiger partial charge on any atom is 0.0822 e. The fourth-order valence-electron chi connectivity index (χ4n) is 1.73. The van der Waals surface area contributed by atoms with Gasteiger partial charge in [0.05, 0.1) is 11.0 Å². The highest BCUT2D eigenvalue weighted by Gasteiger charge is 2.05. The summed E-state index contributed by atoms with van der Waals surface area (Å²) in [4.78, 5) is 8.76. The number of halogens is 2. The Bertz CT molecular complexity index is 697. The normalized spacial score (nSPS) is 11.1. The molecule has 0 fully saturated rings. The highest BCUT2D eigenvalue weighted by Crippen LogP contribution is 2.28. The Morgan fingerprint density at radius 2 is 1.94 bits per heavy atom. The predicted octanol–water partition coefficient (Wildman–Crippen LogP) is 4.20. The predicted molar refractivity (Wildman–Crippen MR) is 69.8 cm³/mol. The monoisotopic (exact) mass is 292 g/mol. The van der Waals surface area contributed by atoms with Gasteiger partial charge in [0.25, 0.3) is 0 Å². The number of aromatic nitrogens is 2. The zero-order valence-corrected chi connectivity index (χ0v) is 10.5. The summed E-state index contributed by atoms with van der Waals surface area (Å²) in [6.07, 6.45) is 3.59. The average Bonchev–Trinajstić information content (AvgIpc) is 2.28. The quantitative estimate of drug-likeness (QED) is 0.581. The van der Waals surface area contributed by atoms with E-state index in [2.05, 4.69) is 25.9 Å². The van der Waals surface area contributed by atoms with E-state index < -0.39 is 0 Å². The second-order valence-electron chi connectivity index (χ2n) is 3.47. The van der Waals surface area contributed by atoms with Gasteiger partial charge in [0.15, 0.2) is 0 Å². The van der Waals surface area contributed by atoms with Crippen LogP contribution in [0, 0.1) is 0 Å². The first-order valence-corrected chi connectivity index (χ1v) is 5.91. The van der Waals surface area contributed by atoms with Crippen molar-refractivity contribution in [1.29, 1.82) is 0 Å². The van der Waals surface area contributed by atoms with Crippen molar-refractivity contribution >= 4 is 49.3 Å². The van der Waals surface area contributed by atoms with E-state index in [0.717, 1.165) is 26.3 Å². The molecule has 2 heterocycles. The number of fused-ring (bicyclic) bond motifs is 3. The first-order valence-electron chi connectivity index (χ1n) is 4.74. The Hall–Kier alpha value is -1.19. The van der Waals surface area contributed by atoms with Crippen LogP contribution in [-0.4, -0.2) is 9.97 Å². The molecule has 0 saturated heterocycles. The molecule has 0 aliphatic rings. The minimum Gasteiger partial charge on any atom is -0.255 e. The Balaban J connectivity index is 2.55. The van der Waals surface area contributed by atoms with E-state index in [-0.39, 0.29) is 0 Å². The van der Waals surface area contributed by atoms with Gasteiger partial charge >= 0.3 is 0 Å². The molecule has 1 aromatic carbocycles. The topological polar surface area (TPSA) is 25.8 Å². The van der Waals surface area contributed by atoms with Crippen molar-refractivity contribution in [3.05, 3.63) is 46.2 Å². The summed E-state index contributed by atoms with van der Waals surface area (Å²) in [5.41, 5.74) is 1.81. The van der Waals surface area contributed by atoms with Crippen LogP contribution in [-0.2, 0) is 0 Å². The van der Waals surface area contributed by atoms with Crippen LogP contribution in [0.3, 0.4) is 0 Å². The first kappa shape index (κ1) is 10.00. The van der Waals surface area contributed by atoms with E-state index in [1.54, 1.807) is 6.20 Å². The Kier molecular flexibility index (Phi) is 2.30. The Morgan fingerprint density at radius 3 is 2.81 bits per heavy atom. The van der Waals surface area contributed by atoms with Crippen LogP contribution in [0.2, 0.25) is 5.02 Å². The van der Waals surface area contributed by atoms with Crippen LogP contribution in [0.5, 0.6) is 0 Å². The lowest BCUT2D eigenvalue weighted by molar-refractivity contribution is 1.37. The van der Waals surface area contributed by atoms with Crippen molar-refractivity contribution in [1.82, 2.24) is 9.97 Å². The number of rotatable bonds is 0. The Morgan fingerprint density at radius 1 is 1.06 bits per heavy atom. The van der Waals surface area contributed by atoms with Crippen LogP contribution in [0.25, 0.3) is 21.8 Å². The molecule has 0 aliphatic carbocycles. The molecule has 3 aromatic rings. The summed E-state index contributed by atoms with van der Waals surface area (Å²) < 4.78 is 1.00. The molecule has 78 valence electrons. The highest BCUT2D eigenvalue weighted by atomic mass is 79.9. The number of pyridine rings is 2. The van der Waals surface area contributed by atoms with Gasteiger partial charge < -0.3 is 0 Å². The van der Waals surface area contributed by atoms with E-state index in [9.17, 15) is 0 Å². The van der Waals surface area contributed by atoms with Crippen LogP contribution < -0.4 is 0 Å². The van der Waals surface area contributed by atoms with Gasteiger partial charge in [0, 0.05) is 32.7 Å². The summed E-state index contributed by atoms with van der Waals surface area (Å²) in [7, 11) is 0. The van der Waals surface area contributed by atoms with E-state index >= 15 is 0 Å². The number of hydrogen-bond acceptors (Lipinski definition) is 2. The molecule has 2 aromatic heterocycles. The maximum absolute atomic E-state index is 5.93. The van der Waals surface area contributed by atoms with Gasteiger partial charge in [-0.25, -0.2) is 0 Å². The summed E-state index contributed by atoms with van der Waals surface area (Å²) in [6, 6.07) is 7.56. The van der Waals surface area contributed by atoms with Gasteiger partial charge in [0.1, 0.15) is 0 Å². The molecule has 0 radical (unpaired) electrons. The molecule has 16 heavy (non-hydrogen) atoms. The molecular formula is C12H6BrClN2. The van der Waals surface area contributed by atoms with Crippen LogP contribution in [0.15, 0.2) is 41.1 Å². The zero-order chi connectivity index (χ0) is 11.1. The van der Waals surface area contributed by atoms with E-state index in [4.69, 9.17) is 11.6 Å². The number of nitrogens with zero attached hydrogens (tertiary/aromatic N) is 2. The molecule has 0 saturated carbocycles. The van der Waals surface area contributed by atoms with Gasteiger partial charge in [-0.1, -0.05) is 11.6 Å². The Labute approximate surface area is 105 Å². The van der Waals surface area contributed by atoms with Crippen LogP contribution in [0.1, 0.15) is 0 Å². The average molecular weight is 294 g/mol. The minimum absolute atomic E-state index is 0.689. The molecule has 0 atom stereocenters. The fourth-order valence-corrected chi connectivity index (χ4v) is 2.31. The lowest BCUT2D eigenvalue weighted by atomic mass is 10.1. The van der Waals surface area contributed by atoms with Crippen LogP contribution in [0.4, 0.5) is 0 Å². The molecule has 0 amide bonds. The van der Waals surface area contributed by atoms with Crippen LogP contribution >= 0.6 is 27.5 Å². The van der Waals surface area contributed by atoms with E-state index in [1.165, 1.54) is 0 Å². The van der Waals surface area contributed by atoms with E-state index in [0.29, 0.717) is 5.02 Å². The summed E-state index contributed by atoms with van der Waals surface area (Å²) in [6.45, 7) is 0.